The monoisotopic (exact) mass is 245 g/mol. The molecule has 2 heteroatoms. The van der Waals surface area contributed by atoms with Crippen LogP contribution < -0.4 is 10.1 Å². The van der Waals surface area contributed by atoms with Gasteiger partial charge in [-0.2, -0.15) is 0 Å². The lowest BCUT2D eigenvalue weighted by atomic mass is 9.78. The third kappa shape index (κ3) is 2.26. The summed E-state index contributed by atoms with van der Waals surface area (Å²) in [5.74, 6) is 1.82. The van der Waals surface area contributed by atoms with Gasteiger partial charge in [0, 0.05) is 6.04 Å². The number of methoxy groups -OCH3 is 1. The Morgan fingerprint density at radius 1 is 1.17 bits per heavy atom. The molecule has 2 nitrogen and oxygen atoms in total. The van der Waals surface area contributed by atoms with E-state index in [1.165, 1.54) is 43.2 Å². The molecule has 0 amide bonds. The fourth-order valence-corrected chi connectivity index (χ4v) is 3.58. The fraction of sp³-hybridized carbons (Fsp3) is 0.625. The molecular weight excluding hydrogens is 222 g/mol. The molecule has 18 heavy (non-hydrogen) atoms. The second kappa shape index (κ2) is 5.31. The summed E-state index contributed by atoms with van der Waals surface area (Å²) in [4.78, 5) is 0. The Balaban J connectivity index is 1.89. The average molecular weight is 245 g/mol. The van der Waals surface area contributed by atoms with Crippen LogP contribution in [0.5, 0.6) is 5.75 Å². The van der Waals surface area contributed by atoms with Gasteiger partial charge in [-0.3, -0.25) is 0 Å². The van der Waals surface area contributed by atoms with E-state index in [1.54, 1.807) is 7.11 Å². The van der Waals surface area contributed by atoms with Crippen LogP contribution in [-0.2, 0) is 6.42 Å². The third-order valence-corrected chi connectivity index (χ3v) is 4.57. The van der Waals surface area contributed by atoms with Gasteiger partial charge >= 0.3 is 0 Å². The van der Waals surface area contributed by atoms with E-state index >= 15 is 0 Å². The Morgan fingerprint density at radius 3 is 2.78 bits per heavy atom. The minimum Gasteiger partial charge on any atom is -0.497 e. The van der Waals surface area contributed by atoms with E-state index in [9.17, 15) is 0 Å². The van der Waals surface area contributed by atoms with Gasteiger partial charge in [0.05, 0.1) is 7.11 Å². The van der Waals surface area contributed by atoms with Crippen LogP contribution in [0, 0.1) is 5.92 Å². The van der Waals surface area contributed by atoms with Crippen molar-refractivity contribution in [2.75, 3.05) is 13.7 Å². The Hall–Kier alpha value is -1.02. The first-order valence-electron chi connectivity index (χ1n) is 7.28. The van der Waals surface area contributed by atoms with E-state index in [2.05, 4.69) is 23.5 Å². The maximum atomic E-state index is 5.39. The highest BCUT2D eigenvalue weighted by atomic mass is 16.5. The summed E-state index contributed by atoms with van der Waals surface area (Å²) in [6, 6.07) is 7.16. The first-order valence-corrected chi connectivity index (χ1v) is 7.28. The summed E-state index contributed by atoms with van der Waals surface area (Å²) in [7, 11) is 1.76. The molecule has 0 saturated heterocycles. The molecule has 1 N–H and O–H groups in total. The Kier molecular flexibility index (Phi) is 3.55. The number of benzene rings is 1. The molecule has 1 aromatic carbocycles. The Labute approximate surface area is 110 Å². The standard InChI is InChI=1S/C16H23NO/c1-18-14-8-7-12-9-10-17-16(15(12)11-14)13-5-3-2-4-6-13/h7-8,11,13,16-17H,2-6,9-10H2,1H3. The molecular formula is C16H23NO. The van der Waals surface area contributed by atoms with E-state index < -0.39 is 0 Å². The van der Waals surface area contributed by atoms with E-state index in [0.29, 0.717) is 6.04 Å². The van der Waals surface area contributed by atoms with Crippen molar-refractivity contribution in [1.29, 1.82) is 0 Å². The first kappa shape index (κ1) is 12.0. The predicted octanol–water partition coefficient (Wildman–Crippen LogP) is 3.46. The summed E-state index contributed by atoms with van der Waals surface area (Å²) in [6.07, 6.45) is 8.16. The van der Waals surface area contributed by atoms with Crippen molar-refractivity contribution in [3.8, 4) is 5.75 Å². The van der Waals surface area contributed by atoms with E-state index in [1.807, 2.05) is 0 Å². The summed E-state index contributed by atoms with van der Waals surface area (Å²) in [5.41, 5.74) is 3.01. The third-order valence-electron chi connectivity index (χ3n) is 4.57. The molecule has 1 saturated carbocycles. The van der Waals surface area contributed by atoms with Crippen molar-refractivity contribution in [3.63, 3.8) is 0 Å². The highest BCUT2D eigenvalue weighted by Crippen LogP contribution is 2.38. The molecule has 0 aromatic heterocycles. The van der Waals surface area contributed by atoms with Crippen molar-refractivity contribution in [2.24, 2.45) is 5.92 Å². The van der Waals surface area contributed by atoms with Gasteiger partial charge in [-0.25, -0.2) is 0 Å². The van der Waals surface area contributed by atoms with Crippen molar-refractivity contribution in [2.45, 2.75) is 44.6 Å². The number of hydrogen-bond acceptors (Lipinski definition) is 2. The first-order chi connectivity index (χ1) is 8.88. The normalized spacial score (nSPS) is 24.6. The summed E-state index contributed by atoms with van der Waals surface area (Å²) in [6.45, 7) is 1.13. The zero-order valence-electron chi connectivity index (χ0n) is 11.2. The molecule has 1 fully saturated rings. The van der Waals surface area contributed by atoms with Crippen molar-refractivity contribution >= 4 is 0 Å². The molecule has 1 aliphatic heterocycles. The lowest BCUT2D eigenvalue weighted by molar-refractivity contribution is 0.264. The maximum absolute atomic E-state index is 5.39. The number of ether oxygens (including phenoxy) is 1. The molecule has 98 valence electrons. The van der Waals surface area contributed by atoms with Gasteiger partial charge in [0.1, 0.15) is 5.75 Å². The predicted molar refractivity (Wildman–Crippen MR) is 74.0 cm³/mol. The van der Waals surface area contributed by atoms with E-state index in [4.69, 9.17) is 4.74 Å². The smallest absolute Gasteiger partial charge is 0.119 e. The molecule has 1 atom stereocenters. The van der Waals surface area contributed by atoms with Crippen LogP contribution in [0.15, 0.2) is 18.2 Å². The highest BCUT2D eigenvalue weighted by molar-refractivity contribution is 5.39. The fourth-order valence-electron chi connectivity index (χ4n) is 3.58. The van der Waals surface area contributed by atoms with Crippen LogP contribution in [0.1, 0.15) is 49.3 Å². The SMILES string of the molecule is COc1ccc2c(c1)C(C1CCCCC1)NCC2. The van der Waals surface area contributed by atoms with Crippen molar-refractivity contribution in [3.05, 3.63) is 29.3 Å². The number of rotatable bonds is 2. The Morgan fingerprint density at radius 2 is 2.00 bits per heavy atom. The Bertz CT molecular complexity index is 410. The molecule has 3 rings (SSSR count). The van der Waals surface area contributed by atoms with Gasteiger partial charge < -0.3 is 10.1 Å². The molecule has 1 aliphatic carbocycles. The number of fused-ring (bicyclic) bond motifs is 1. The lowest BCUT2D eigenvalue weighted by Crippen LogP contribution is -2.35. The summed E-state index contributed by atoms with van der Waals surface area (Å²) < 4.78 is 5.39. The molecule has 0 spiro atoms. The van der Waals surface area contributed by atoms with E-state index in [0.717, 1.165) is 24.6 Å². The van der Waals surface area contributed by atoms with Crippen molar-refractivity contribution < 1.29 is 4.74 Å². The van der Waals surface area contributed by atoms with Crippen LogP contribution in [0.2, 0.25) is 0 Å². The van der Waals surface area contributed by atoms with Crippen LogP contribution >= 0.6 is 0 Å². The molecule has 0 bridgehead atoms. The van der Waals surface area contributed by atoms with Gasteiger partial charge in [0.2, 0.25) is 0 Å². The lowest BCUT2D eigenvalue weighted by Gasteiger charge is -2.35. The number of hydrogen-bond donors (Lipinski definition) is 1. The quantitative estimate of drug-likeness (QED) is 0.861. The van der Waals surface area contributed by atoms with Gasteiger partial charge in [-0.1, -0.05) is 25.3 Å². The van der Waals surface area contributed by atoms with Crippen LogP contribution in [-0.4, -0.2) is 13.7 Å². The highest BCUT2D eigenvalue weighted by Gasteiger charge is 2.28. The van der Waals surface area contributed by atoms with Crippen LogP contribution in [0.4, 0.5) is 0 Å². The molecule has 1 heterocycles. The second-order valence-corrected chi connectivity index (χ2v) is 5.64. The molecule has 0 radical (unpaired) electrons. The average Bonchev–Trinajstić information content (AvgIpc) is 2.47. The maximum Gasteiger partial charge on any atom is 0.119 e. The van der Waals surface area contributed by atoms with Gasteiger partial charge in [-0.05, 0) is 55.0 Å². The van der Waals surface area contributed by atoms with E-state index in [-0.39, 0.29) is 0 Å². The minimum absolute atomic E-state index is 0.559. The summed E-state index contributed by atoms with van der Waals surface area (Å²) in [5, 5.41) is 3.74. The molecule has 1 aromatic rings. The van der Waals surface area contributed by atoms with Crippen molar-refractivity contribution in [1.82, 2.24) is 5.32 Å². The van der Waals surface area contributed by atoms with Crippen LogP contribution in [0.3, 0.4) is 0 Å². The zero-order chi connectivity index (χ0) is 12.4. The molecule has 2 aliphatic rings. The molecule has 1 unspecified atom stereocenters. The van der Waals surface area contributed by atoms with Gasteiger partial charge in [-0.15, -0.1) is 0 Å². The largest absolute Gasteiger partial charge is 0.497 e. The minimum atomic E-state index is 0.559. The van der Waals surface area contributed by atoms with Gasteiger partial charge in [0.25, 0.3) is 0 Å². The number of nitrogens with one attached hydrogen (secondary N) is 1. The summed E-state index contributed by atoms with van der Waals surface area (Å²) >= 11 is 0. The zero-order valence-corrected chi connectivity index (χ0v) is 11.2. The van der Waals surface area contributed by atoms with Crippen LogP contribution in [0.25, 0.3) is 0 Å². The second-order valence-electron chi connectivity index (χ2n) is 5.64. The topological polar surface area (TPSA) is 21.3 Å². The van der Waals surface area contributed by atoms with Gasteiger partial charge in [0.15, 0.2) is 0 Å².